The van der Waals surface area contributed by atoms with Gasteiger partial charge in [-0.25, -0.2) is 0 Å². The van der Waals surface area contributed by atoms with Gasteiger partial charge in [0.1, 0.15) is 0 Å². The average molecular weight is 306 g/mol. The standard InChI is InChI=1S/C15H27BN2O2Si/c1-13(17-16(2)20)15(19)18(12-21(3,4)5)11-14-9-7-6-8-10-14/h6-10,13,17,20H,11-12H2,1-5H3/t13-/m1/s1. The van der Waals surface area contributed by atoms with Gasteiger partial charge >= 0.3 is 7.05 Å². The molecule has 0 spiro atoms. The first kappa shape index (κ1) is 17.9. The lowest BCUT2D eigenvalue weighted by atomic mass is 9.87. The van der Waals surface area contributed by atoms with Gasteiger partial charge in [0.05, 0.1) is 14.1 Å². The van der Waals surface area contributed by atoms with Crippen LogP contribution in [0, 0.1) is 0 Å². The fourth-order valence-corrected chi connectivity index (χ4v) is 3.71. The van der Waals surface area contributed by atoms with Crippen LogP contribution >= 0.6 is 0 Å². The van der Waals surface area contributed by atoms with Gasteiger partial charge < -0.3 is 15.2 Å². The van der Waals surface area contributed by atoms with Gasteiger partial charge in [0, 0.05) is 12.7 Å². The zero-order valence-corrected chi connectivity index (χ0v) is 14.8. The molecule has 1 aromatic rings. The molecule has 0 aliphatic rings. The second kappa shape index (κ2) is 7.77. The van der Waals surface area contributed by atoms with E-state index in [4.69, 9.17) is 0 Å². The molecular formula is C15H27BN2O2Si. The van der Waals surface area contributed by atoms with Gasteiger partial charge in [-0.1, -0.05) is 50.0 Å². The number of nitrogens with one attached hydrogen (secondary N) is 1. The number of hydrogen-bond acceptors (Lipinski definition) is 3. The summed E-state index contributed by atoms with van der Waals surface area (Å²) in [6, 6.07) is 9.65. The van der Waals surface area contributed by atoms with Crippen molar-refractivity contribution in [3.05, 3.63) is 35.9 Å². The zero-order valence-electron chi connectivity index (χ0n) is 13.8. The summed E-state index contributed by atoms with van der Waals surface area (Å²) >= 11 is 0. The van der Waals surface area contributed by atoms with Crippen molar-refractivity contribution >= 4 is 21.0 Å². The highest BCUT2D eigenvalue weighted by atomic mass is 28.3. The maximum Gasteiger partial charge on any atom is 0.374 e. The molecule has 21 heavy (non-hydrogen) atoms. The van der Waals surface area contributed by atoms with Crippen LogP contribution in [0.25, 0.3) is 0 Å². The first-order valence-electron chi connectivity index (χ1n) is 7.46. The van der Waals surface area contributed by atoms with Crippen LogP contribution in [0.15, 0.2) is 30.3 Å². The number of amides is 1. The van der Waals surface area contributed by atoms with Crippen molar-refractivity contribution in [1.29, 1.82) is 0 Å². The van der Waals surface area contributed by atoms with Gasteiger partial charge in [-0.3, -0.25) is 4.79 Å². The molecule has 1 amide bonds. The second-order valence-corrected chi connectivity index (χ2v) is 12.2. The third-order valence-electron chi connectivity index (χ3n) is 3.05. The second-order valence-electron chi connectivity index (χ2n) is 6.80. The molecule has 0 aliphatic heterocycles. The van der Waals surface area contributed by atoms with Crippen LogP contribution in [0.2, 0.25) is 26.5 Å². The molecule has 0 bridgehead atoms. The summed E-state index contributed by atoms with van der Waals surface area (Å²) in [6.07, 6.45) is 0.812. The van der Waals surface area contributed by atoms with Crippen LogP contribution in [0.3, 0.4) is 0 Å². The highest BCUT2D eigenvalue weighted by Gasteiger charge is 2.26. The Kier molecular flexibility index (Phi) is 6.64. The van der Waals surface area contributed by atoms with E-state index in [1.165, 1.54) is 0 Å². The smallest absolute Gasteiger partial charge is 0.374 e. The Morgan fingerprint density at radius 3 is 2.38 bits per heavy atom. The topological polar surface area (TPSA) is 52.6 Å². The summed E-state index contributed by atoms with van der Waals surface area (Å²) in [5, 5.41) is 12.3. The molecule has 0 radical (unpaired) electrons. The van der Waals surface area contributed by atoms with E-state index in [-0.39, 0.29) is 11.9 Å². The van der Waals surface area contributed by atoms with Crippen LogP contribution < -0.4 is 5.23 Å². The fourth-order valence-electron chi connectivity index (χ4n) is 2.30. The maximum atomic E-state index is 12.6. The Hall–Kier alpha value is -1.11. The molecule has 1 atom stereocenters. The normalized spacial score (nSPS) is 12.9. The highest BCUT2D eigenvalue weighted by molar-refractivity contribution is 6.76. The van der Waals surface area contributed by atoms with Crippen molar-refractivity contribution in [3.8, 4) is 0 Å². The van der Waals surface area contributed by atoms with Crippen molar-refractivity contribution in [2.45, 2.75) is 46.0 Å². The Labute approximate surface area is 129 Å². The first-order valence-corrected chi connectivity index (χ1v) is 11.2. The Morgan fingerprint density at radius 1 is 1.33 bits per heavy atom. The van der Waals surface area contributed by atoms with Gasteiger partial charge in [-0.15, -0.1) is 0 Å². The van der Waals surface area contributed by atoms with Crippen molar-refractivity contribution in [2.24, 2.45) is 0 Å². The Balaban J connectivity index is 2.84. The molecule has 116 valence electrons. The van der Waals surface area contributed by atoms with E-state index in [1.807, 2.05) is 35.2 Å². The minimum atomic E-state index is -1.41. The monoisotopic (exact) mass is 306 g/mol. The Bertz CT molecular complexity index is 449. The van der Waals surface area contributed by atoms with Gasteiger partial charge in [0.15, 0.2) is 0 Å². The number of hydrogen-bond donors (Lipinski definition) is 2. The first-order chi connectivity index (χ1) is 9.69. The molecule has 0 aliphatic carbocycles. The van der Waals surface area contributed by atoms with Crippen molar-refractivity contribution < 1.29 is 9.82 Å². The van der Waals surface area contributed by atoms with Gasteiger partial charge in [-0.05, 0) is 19.3 Å². The van der Waals surface area contributed by atoms with Gasteiger partial charge in [-0.2, -0.15) is 0 Å². The molecule has 6 heteroatoms. The Morgan fingerprint density at radius 2 is 1.90 bits per heavy atom. The third-order valence-corrected chi connectivity index (χ3v) is 4.39. The number of carbonyl (C=O) groups is 1. The van der Waals surface area contributed by atoms with E-state index in [2.05, 4.69) is 24.9 Å². The minimum absolute atomic E-state index is 0.0437. The van der Waals surface area contributed by atoms with Crippen molar-refractivity contribution in [1.82, 2.24) is 10.1 Å². The molecule has 1 rings (SSSR count). The maximum absolute atomic E-state index is 12.6. The van der Waals surface area contributed by atoms with E-state index >= 15 is 0 Å². The van der Waals surface area contributed by atoms with E-state index in [0.29, 0.717) is 6.54 Å². The zero-order chi connectivity index (χ0) is 16.0. The summed E-state index contributed by atoms with van der Waals surface area (Å²) in [5.74, 6) is 0.0437. The fraction of sp³-hybridized carbons (Fsp3) is 0.533. The number of carbonyl (C=O) groups excluding carboxylic acids is 1. The predicted molar refractivity (Wildman–Crippen MR) is 91.6 cm³/mol. The van der Waals surface area contributed by atoms with Crippen molar-refractivity contribution in [3.63, 3.8) is 0 Å². The summed E-state index contributed by atoms with van der Waals surface area (Å²) < 4.78 is 0. The van der Waals surface area contributed by atoms with E-state index < -0.39 is 15.1 Å². The number of nitrogens with zero attached hydrogens (tertiary/aromatic N) is 1. The van der Waals surface area contributed by atoms with Crippen LogP contribution in [0.1, 0.15) is 12.5 Å². The molecular weight excluding hydrogens is 279 g/mol. The van der Waals surface area contributed by atoms with E-state index in [0.717, 1.165) is 11.7 Å². The van der Waals surface area contributed by atoms with Crippen molar-refractivity contribution in [2.75, 3.05) is 6.17 Å². The van der Waals surface area contributed by atoms with Crippen LogP contribution in [0.5, 0.6) is 0 Å². The largest absolute Gasteiger partial charge is 0.437 e. The SMILES string of the molecule is CB(O)N[C@H](C)C(=O)N(Cc1ccccc1)C[Si](C)(C)C. The summed E-state index contributed by atoms with van der Waals surface area (Å²) in [4.78, 5) is 14.6. The summed E-state index contributed by atoms with van der Waals surface area (Å²) in [6.45, 7) is 10.8. The van der Waals surface area contributed by atoms with Gasteiger partial charge in [0.2, 0.25) is 5.91 Å². The van der Waals surface area contributed by atoms with Crippen LogP contribution in [0.4, 0.5) is 0 Å². The molecule has 0 saturated carbocycles. The van der Waals surface area contributed by atoms with E-state index in [1.54, 1.807) is 13.7 Å². The number of benzene rings is 1. The minimum Gasteiger partial charge on any atom is -0.437 e. The van der Waals surface area contributed by atoms with Crippen LogP contribution in [-0.2, 0) is 11.3 Å². The molecule has 0 fully saturated rings. The lowest BCUT2D eigenvalue weighted by molar-refractivity contribution is -0.132. The predicted octanol–water partition coefficient (Wildman–Crippen LogP) is 1.98. The molecule has 2 N–H and O–H groups in total. The molecule has 0 saturated heterocycles. The average Bonchev–Trinajstić information content (AvgIpc) is 2.36. The lowest BCUT2D eigenvalue weighted by Gasteiger charge is -2.31. The summed E-state index contributed by atoms with van der Waals surface area (Å²) in [5.41, 5.74) is 1.13. The number of rotatable bonds is 7. The molecule has 0 unspecified atom stereocenters. The van der Waals surface area contributed by atoms with Crippen LogP contribution in [-0.4, -0.2) is 43.2 Å². The molecule has 0 aromatic heterocycles. The van der Waals surface area contributed by atoms with E-state index in [9.17, 15) is 9.82 Å². The molecule has 0 heterocycles. The van der Waals surface area contributed by atoms with Gasteiger partial charge in [0.25, 0.3) is 0 Å². The lowest BCUT2D eigenvalue weighted by Crippen LogP contribution is -2.52. The highest BCUT2D eigenvalue weighted by Crippen LogP contribution is 2.11. The summed E-state index contributed by atoms with van der Waals surface area (Å²) in [7, 11) is -2.09. The third kappa shape index (κ3) is 6.93. The molecule has 1 aromatic carbocycles. The molecule has 4 nitrogen and oxygen atoms in total. The quantitative estimate of drug-likeness (QED) is 0.757.